The lowest BCUT2D eigenvalue weighted by Gasteiger charge is -2.71. The average Bonchev–Trinajstić information content (AvgIpc) is 2.75. The highest BCUT2D eigenvalue weighted by Crippen LogP contribution is 2.67. The van der Waals surface area contributed by atoms with Crippen molar-refractivity contribution in [2.24, 2.45) is 16.7 Å². The first kappa shape index (κ1) is 31.7. The molecule has 0 amide bonds. The molecule has 1 heterocycles. The van der Waals surface area contributed by atoms with Crippen LogP contribution in [-0.4, -0.2) is 88.6 Å². The second kappa shape index (κ2) is 10.2. The van der Waals surface area contributed by atoms with Crippen molar-refractivity contribution in [3.8, 4) is 0 Å². The van der Waals surface area contributed by atoms with Gasteiger partial charge < -0.3 is 29.3 Å². The maximum absolute atomic E-state index is 13.9. The second-order valence-corrected chi connectivity index (χ2v) is 12.4. The fourth-order valence-electron chi connectivity index (χ4n) is 7.27. The molecule has 9 nitrogen and oxygen atoms in total. The first-order chi connectivity index (χ1) is 16.4. The number of halogens is 1. The molecule has 8 atom stereocenters. The van der Waals surface area contributed by atoms with Crippen molar-refractivity contribution in [1.29, 1.82) is 0 Å². The van der Waals surface area contributed by atoms with Gasteiger partial charge in [-0.3, -0.25) is 14.4 Å². The van der Waals surface area contributed by atoms with E-state index >= 15 is 0 Å². The maximum atomic E-state index is 13.9. The highest BCUT2D eigenvalue weighted by molar-refractivity contribution is 5.92. The molecule has 3 rings (SSSR count). The van der Waals surface area contributed by atoms with Crippen LogP contribution >= 0.6 is 12.4 Å². The van der Waals surface area contributed by atoms with Crippen molar-refractivity contribution in [2.45, 2.75) is 102 Å². The topological polar surface area (TPSA) is 123 Å². The van der Waals surface area contributed by atoms with Crippen LogP contribution < -0.4 is 0 Å². The minimum Gasteiger partial charge on any atom is -0.458 e. The third-order valence-corrected chi connectivity index (χ3v) is 9.03. The van der Waals surface area contributed by atoms with Gasteiger partial charge in [-0.05, 0) is 46.2 Å². The van der Waals surface area contributed by atoms with Gasteiger partial charge in [0.25, 0.3) is 0 Å². The molecule has 0 bridgehead atoms. The number of ketones is 1. The van der Waals surface area contributed by atoms with Crippen LogP contribution in [0.5, 0.6) is 0 Å². The summed E-state index contributed by atoms with van der Waals surface area (Å²) >= 11 is 0. The highest BCUT2D eigenvalue weighted by atomic mass is 35.5. The van der Waals surface area contributed by atoms with Crippen molar-refractivity contribution < 1.29 is 38.8 Å². The summed E-state index contributed by atoms with van der Waals surface area (Å²) in [6.45, 7) is 14.2. The van der Waals surface area contributed by atoms with E-state index in [2.05, 4.69) is 6.58 Å². The van der Waals surface area contributed by atoms with E-state index in [9.17, 15) is 24.6 Å². The number of fused-ring (bicyclic) bond motifs is 3. The third-order valence-electron chi connectivity index (χ3n) is 9.03. The maximum Gasteiger partial charge on any atom is 0.307 e. The van der Waals surface area contributed by atoms with Gasteiger partial charge in [-0.2, -0.15) is 0 Å². The van der Waals surface area contributed by atoms with Gasteiger partial charge in [-0.15, -0.1) is 19.0 Å². The first-order valence-electron chi connectivity index (χ1n) is 12.7. The quantitative estimate of drug-likeness (QED) is 0.382. The van der Waals surface area contributed by atoms with Crippen LogP contribution in [0.4, 0.5) is 0 Å². The number of esters is 2. The molecule has 0 spiro atoms. The number of aliphatic hydroxyl groups is 2. The van der Waals surface area contributed by atoms with E-state index in [0.717, 1.165) is 0 Å². The second-order valence-electron chi connectivity index (χ2n) is 12.4. The first-order valence-corrected chi connectivity index (χ1v) is 12.7. The average molecular weight is 546 g/mol. The molecule has 2 saturated carbocycles. The largest absolute Gasteiger partial charge is 0.458 e. The summed E-state index contributed by atoms with van der Waals surface area (Å²) in [7, 11) is 3.68. The molecule has 10 heteroatoms. The van der Waals surface area contributed by atoms with Gasteiger partial charge in [-0.25, -0.2) is 0 Å². The molecule has 2 N–H and O–H groups in total. The Hall–Kier alpha value is -1.52. The fraction of sp³-hybridized carbons (Fsp3) is 0.815. The third kappa shape index (κ3) is 4.75. The summed E-state index contributed by atoms with van der Waals surface area (Å²) in [6, 6.07) is 0. The molecule has 1 aliphatic heterocycles. The minimum absolute atomic E-state index is 0. The van der Waals surface area contributed by atoms with Gasteiger partial charge in [-0.1, -0.05) is 26.8 Å². The van der Waals surface area contributed by atoms with Gasteiger partial charge in [0.05, 0.1) is 18.1 Å². The summed E-state index contributed by atoms with van der Waals surface area (Å²) in [6.07, 6.45) is -1.19. The standard InChI is InChI=1S/C27H43NO8.ClH/c1-10-24(5)15-18(31)27(33)25(6)17(30)11-13-23(3,4)21(25)20(35-19(32)12-14-28(8)9)22(34-16(2)29)26(27,7)36-24;/h10,17,20-22,30,33H,1,11-15H2,2-9H3;1H/t17?,20-,21?,22-,24-,25-,26+,27?;/m0./s1. The van der Waals surface area contributed by atoms with Crippen LogP contribution in [0.15, 0.2) is 12.7 Å². The number of nitrogens with zero attached hydrogens (tertiary/aromatic N) is 1. The summed E-state index contributed by atoms with van der Waals surface area (Å²) in [5, 5.41) is 24.0. The van der Waals surface area contributed by atoms with Crippen LogP contribution in [0.3, 0.4) is 0 Å². The molecule has 0 radical (unpaired) electrons. The number of ether oxygens (including phenoxy) is 3. The Labute approximate surface area is 226 Å². The van der Waals surface area contributed by atoms with E-state index in [1.54, 1.807) is 13.8 Å². The number of rotatable bonds is 6. The lowest BCUT2D eigenvalue weighted by Crippen LogP contribution is -2.87. The van der Waals surface area contributed by atoms with Crippen LogP contribution in [0.2, 0.25) is 0 Å². The summed E-state index contributed by atoms with van der Waals surface area (Å²) in [5.41, 5.74) is -7.31. The molecule has 3 aliphatic rings. The lowest BCUT2D eigenvalue weighted by molar-refractivity contribution is -0.371. The highest BCUT2D eigenvalue weighted by Gasteiger charge is 2.82. The number of carbonyl (C=O) groups excluding carboxylic acids is 3. The summed E-state index contributed by atoms with van der Waals surface area (Å²) in [5.74, 6) is -2.43. The predicted molar refractivity (Wildman–Crippen MR) is 139 cm³/mol. The fourth-order valence-corrected chi connectivity index (χ4v) is 7.27. The SMILES string of the molecule is C=C[C@@]1(C)CC(=O)C2(O)[C@@]3(C)C(O)CCC(C)(C)C3[C@H](OC(=O)CCN(C)C)[C@H](OC(C)=O)[C@@]2(C)O1.Cl. The van der Waals surface area contributed by atoms with Crippen molar-refractivity contribution in [3.63, 3.8) is 0 Å². The molecule has 3 unspecified atom stereocenters. The van der Waals surface area contributed by atoms with E-state index in [4.69, 9.17) is 14.2 Å². The molecule has 0 aromatic heterocycles. The van der Waals surface area contributed by atoms with Crippen LogP contribution in [0.25, 0.3) is 0 Å². The van der Waals surface area contributed by atoms with E-state index in [-0.39, 0.29) is 25.2 Å². The summed E-state index contributed by atoms with van der Waals surface area (Å²) in [4.78, 5) is 41.3. The number of aliphatic hydroxyl groups excluding tert-OH is 1. The zero-order valence-corrected chi connectivity index (χ0v) is 24.1. The van der Waals surface area contributed by atoms with Gasteiger partial charge in [0.15, 0.2) is 17.5 Å². The molecule has 212 valence electrons. The molecular formula is C27H44ClNO8. The van der Waals surface area contributed by atoms with E-state index in [1.165, 1.54) is 19.9 Å². The smallest absolute Gasteiger partial charge is 0.307 e. The van der Waals surface area contributed by atoms with Crippen LogP contribution in [0, 0.1) is 16.7 Å². The van der Waals surface area contributed by atoms with Gasteiger partial charge in [0.1, 0.15) is 11.7 Å². The number of hydrogen-bond acceptors (Lipinski definition) is 9. The number of hydrogen-bond donors (Lipinski definition) is 2. The van der Waals surface area contributed by atoms with Crippen LogP contribution in [0.1, 0.15) is 67.2 Å². The van der Waals surface area contributed by atoms with Crippen molar-refractivity contribution in [1.82, 2.24) is 4.90 Å². The molecular weight excluding hydrogens is 502 g/mol. The molecule has 0 aromatic rings. The Bertz CT molecular complexity index is 939. The molecule has 1 saturated heterocycles. The Kier molecular flexibility index (Phi) is 8.76. The van der Waals surface area contributed by atoms with E-state index < -0.39 is 69.6 Å². The summed E-state index contributed by atoms with van der Waals surface area (Å²) < 4.78 is 18.4. The van der Waals surface area contributed by atoms with E-state index in [0.29, 0.717) is 19.4 Å². The van der Waals surface area contributed by atoms with E-state index in [1.807, 2.05) is 32.8 Å². The monoisotopic (exact) mass is 545 g/mol. The number of carbonyl (C=O) groups is 3. The normalized spacial score (nSPS) is 42.6. The van der Waals surface area contributed by atoms with Crippen molar-refractivity contribution in [3.05, 3.63) is 12.7 Å². The molecule has 0 aromatic carbocycles. The van der Waals surface area contributed by atoms with Crippen LogP contribution in [-0.2, 0) is 28.6 Å². The Morgan fingerprint density at radius 1 is 1.19 bits per heavy atom. The molecule has 3 fully saturated rings. The van der Waals surface area contributed by atoms with Gasteiger partial charge in [0, 0.05) is 31.2 Å². The molecule has 37 heavy (non-hydrogen) atoms. The Balaban J connectivity index is 0.00000481. The number of Topliss-reactive ketones (excluding diaryl/α,β-unsaturated/α-hetero) is 1. The zero-order valence-electron chi connectivity index (χ0n) is 23.3. The van der Waals surface area contributed by atoms with Crippen molar-refractivity contribution in [2.75, 3.05) is 20.6 Å². The van der Waals surface area contributed by atoms with Crippen molar-refractivity contribution >= 4 is 30.1 Å². The zero-order chi connectivity index (χ0) is 27.5. The Morgan fingerprint density at radius 2 is 1.78 bits per heavy atom. The predicted octanol–water partition coefficient (Wildman–Crippen LogP) is 2.44. The van der Waals surface area contributed by atoms with Gasteiger partial charge in [0.2, 0.25) is 0 Å². The molecule has 2 aliphatic carbocycles. The van der Waals surface area contributed by atoms with Gasteiger partial charge >= 0.3 is 11.9 Å². The lowest BCUT2D eigenvalue weighted by atomic mass is 9.39. The minimum atomic E-state index is -2.24. The Morgan fingerprint density at radius 3 is 2.30 bits per heavy atom.